The Bertz CT molecular complexity index is 1210. The predicted octanol–water partition coefficient (Wildman–Crippen LogP) is 2.71. The predicted molar refractivity (Wildman–Crippen MR) is 99.6 cm³/mol. The van der Waals surface area contributed by atoms with Crippen LogP contribution in [-0.2, 0) is 0 Å². The fourth-order valence-electron chi connectivity index (χ4n) is 2.92. The van der Waals surface area contributed by atoms with E-state index in [1.54, 1.807) is 24.3 Å². The zero-order valence-corrected chi connectivity index (χ0v) is 14.0. The molecule has 27 heavy (non-hydrogen) atoms. The summed E-state index contributed by atoms with van der Waals surface area (Å²) in [7, 11) is 0. The third-order valence-corrected chi connectivity index (χ3v) is 4.20. The Morgan fingerprint density at radius 3 is 2.59 bits per heavy atom. The first-order valence-corrected chi connectivity index (χ1v) is 8.18. The second-order valence-corrected chi connectivity index (χ2v) is 5.88. The van der Waals surface area contributed by atoms with Crippen molar-refractivity contribution in [2.45, 2.75) is 0 Å². The molecule has 0 saturated carbocycles. The quantitative estimate of drug-likeness (QED) is 0.449. The van der Waals surface area contributed by atoms with E-state index in [0.717, 1.165) is 16.2 Å². The SMILES string of the molecule is O=C(N/N=C\c1ccccc1C(=O)[O-])c1cc2c(ccc3ccccc32)o1. The van der Waals surface area contributed by atoms with Crippen molar-refractivity contribution in [3.63, 3.8) is 0 Å². The number of benzene rings is 3. The summed E-state index contributed by atoms with van der Waals surface area (Å²) in [6, 6.07) is 19.4. The largest absolute Gasteiger partial charge is 0.545 e. The van der Waals surface area contributed by atoms with Crippen molar-refractivity contribution in [2.75, 3.05) is 0 Å². The third-order valence-electron chi connectivity index (χ3n) is 4.20. The van der Waals surface area contributed by atoms with Gasteiger partial charge in [-0.1, -0.05) is 54.6 Å². The van der Waals surface area contributed by atoms with Crippen LogP contribution in [0.25, 0.3) is 21.7 Å². The van der Waals surface area contributed by atoms with Gasteiger partial charge in [-0.2, -0.15) is 5.10 Å². The van der Waals surface area contributed by atoms with Crippen LogP contribution in [0.3, 0.4) is 0 Å². The molecule has 4 aromatic rings. The summed E-state index contributed by atoms with van der Waals surface area (Å²) in [5.41, 5.74) is 3.27. The highest BCUT2D eigenvalue weighted by molar-refractivity contribution is 6.08. The molecule has 0 aliphatic heterocycles. The van der Waals surface area contributed by atoms with E-state index in [-0.39, 0.29) is 11.3 Å². The maximum Gasteiger partial charge on any atom is 0.307 e. The van der Waals surface area contributed by atoms with Gasteiger partial charge in [-0.15, -0.1) is 0 Å². The third kappa shape index (κ3) is 3.16. The normalized spacial score (nSPS) is 11.3. The first-order valence-electron chi connectivity index (χ1n) is 8.18. The molecular weight excluding hydrogens is 344 g/mol. The molecule has 1 heterocycles. The number of hydrogen-bond donors (Lipinski definition) is 1. The van der Waals surface area contributed by atoms with Crippen molar-refractivity contribution < 1.29 is 19.1 Å². The average Bonchev–Trinajstić information content (AvgIpc) is 3.13. The van der Waals surface area contributed by atoms with Crippen LogP contribution in [0.15, 0.2) is 76.2 Å². The van der Waals surface area contributed by atoms with Gasteiger partial charge in [-0.3, -0.25) is 4.79 Å². The molecule has 0 unspecified atom stereocenters. The van der Waals surface area contributed by atoms with E-state index >= 15 is 0 Å². The number of amides is 1. The summed E-state index contributed by atoms with van der Waals surface area (Å²) in [6.07, 6.45) is 1.25. The summed E-state index contributed by atoms with van der Waals surface area (Å²) in [4.78, 5) is 23.4. The fraction of sp³-hybridized carbons (Fsp3) is 0. The Kier molecular flexibility index (Phi) is 4.14. The monoisotopic (exact) mass is 357 g/mol. The lowest BCUT2D eigenvalue weighted by Crippen LogP contribution is -2.24. The van der Waals surface area contributed by atoms with E-state index in [4.69, 9.17) is 4.42 Å². The number of nitrogens with zero attached hydrogens (tertiary/aromatic N) is 1. The van der Waals surface area contributed by atoms with Crippen molar-refractivity contribution in [1.29, 1.82) is 0 Å². The molecule has 0 aliphatic carbocycles. The fourth-order valence-corrected chi connectivity index (χ4v) is 2.92. The number of aromatic carboxylic acids is 1. The molecule has 1 amide bonds. The number of furan rings is 1. The van der Waals surface area contributed by atoms with Crippen LogP contribution in [0.4, 0.5) is 0 Å². The number of fused-ring (bicyclic) bond motifs is 3. The van der Waals surface area contributed by atoms with Gasteiger partial charge in [-0.05, 0) is 22.9 Å². The lowest BCUT2D eigenvalue weighted by Gasteiger charge is -2.05. The summed E-state index contributed by atoms with van der Waals surface area (Å²) >= 11 is 0. The van der Waals surface area contributed by atoms with E-state index in [1.165, 1.54) is 12.3 Å². The van der Waals surface area contributed by atoms with Crippen molar-refractivity contribution >= 4 is 39.8 Å². The molecule has 0 saturated heterocycles. The molecule has 4 rings (SSSR count). The molecule has 0 aliphatic rings. The molecule has 0 spiro atoms. The van der Waals surface area contributed by atoms with Gasteiger partial charge < -0.3 is 14.3 Å². The molecule has 6 heteroatoms. The molecule has 0 radical (unpaired) electrons. The number of hydrogen-bond acceptors (Lipinski definition) is 5. The zero-order chi connectivity index (χ0) is 18.8. The minimum Gasteiger partial charge on any atom is -0.545 e. The van der Waals surface area contributed by atoms with Crippen LogP contribution in [0.5, 0.6) is 0 Å². The van der Waals surface area contributed by atoms with Gasteiger partial charge in [0.1, 0.15) is 5.58 Å². The summed E-state index contributed by atoms with van der Waals surface area (Å²) in [5, 5.41) is 17.8. The van der Waals surface area contributed by atoms with E-state index in [0.29, 0.717) is 11.1 Å². The van der Waals surface area contributed by atoms with Crippen molar-refractivity contribution in [1.82, 2.24) is 5.43 Å². The Morgan fingerprint density at radius 1 is 0.963 bits per heavy atom. The molecule has 1 aromatic heterocycles. The zero-order valence-electron chi connectivity index (χ0n) is 14.0. The van der Waals surface area contributed by atoms with Crippen molar-refractivity contribution in [3.8, 4) is 0 Å². The second kappa shape index (κ2) is 6.76. The number of carboxylic acids is 1. The standard InChI is InChI=1S/C21H14N2O4/c24-20(23-22-12-14-6-2-4-8-16(14)21(25)26)19-11-17-15-7-3-1-5-13(15)9-10-18(17)27-19/h1-12H,(H,23,24)(H,25,26)/p-1/b22-12-. The van der Waals surface area contributed by atoms with Gasteiger partial charge in [0.05, 0.1) is 12.2 Å². The van der Waals surface area contributed by atoms with Crippen LogP contribution in [-0.4, -0.2) is 18.1 Å². The minimum absolute atomic E-state index is 0.00861. The maximum absolute atomic E-state index is 12.3. The summed E-state index contributed by atoms with van der Waals surface area (Å²) < 4.78 is 5.61. The van der Waals surface area contributed by atoms with Crippen molar-refractivity contribution in [2.24, 2.45) is 5.10 Å². The first-order chi connectivity index (χ1) is 13.1. The van der Waals surface area contributed by atoms with Crippen LogP contribution < -0.4 is 10.5 Å². The second-order valence-electron chi connectivity index (χ2n) is 5.88. The van der Waals surface area contributed by atoms with E-state index in [1.807, 2.05) is 36.4 Å². The van der Waals surface area contributed by atoms with Gasteiger partial charge in [0.25, 0.3) is 0 Å². The maximum atomic E-state index is 12.3. The van der Waals surface area contributed by atoms with E-state index in [9.17, 15) is 14.7 Å². The number of carbonyl (C=O) groups excluding carboxylic acids is 2. The van der Waals surface area contributed by atoms with Crippen LogP contribution in [0, 0.1) is 0 Å². The minimum atomic E-state index is -1.31. The van der Waals surface area contributed by atoms with Crippen LogP contribution in [0.2, 0.25) is 0 Å². The van der Waals surface area contributed by atoms with Gasteiger partial charge in [0, 0.05) is 16.5 Å². The Morgan fingerprint density at radius 2 is 1.74 bits per heavy atom. The topological polar surface area (TPSA) is 94.7 Å². The highest BCUT2D eigenvalue weighted by Gasteiger charge is 2.13. The Balaban J connectivity index is 1.59. The van der Waals surface area contributed by atoms with Gasteiger partial charge >= 0.3 is 5.91 Å². The highest BCUT2D eigenvalue weighted by Crippen LogP contribution is 2.28. The van der Waals surface area contributed by atoms with Crippen molar-refractivity contribution in [3.05, 3.63) is 83.6 Å². The molecule has 0 atom stereocenters. The van der Waals surface area contributed by atoms with Gasteiger partial charge in [0.2, 0.25) is 0 Å². The molecule has 0 fully saturated rings. The average molecular weight is 357 g/mol. The molecule has 1 N–H and O–H groups in total. The molecule has 132 valence electrons. The first kappa shape index (κ1) is 16.5. The highest BCUT2D eigenvalue weighted by atomic mass is 16.4. The van der Waals surface area contributed by atoms with Crippen LogP contribution in [0.1, 0.15) is 26.5 Å². The lowest BCUT2D eigenvalue weighted by molar-refractivity contribution is -0.255. The number of carbonyl (C=O) groups is 2. The Labute approximate surface area is 153 Å². The smallest absolute Gasteiger partial charge is 0.307 e. The molecule has 0 bridgehead atoms. The van der Waals surface area contributed by atoms with Gasteiger partial charge in [-0.25, -0.2) is 5.43 Å². The van der Waals surface area contributed by atoms with E-state index in [2.05, 4.69) is 10.5 Å². The van der Waals surface area contributed by atoms with Crippen LogP contribution >= 0.6 is 0 Å². The van der Waals surface area contributed by atoms with Gasteiger partial charge in [0.15, 0.2) is 5.76 Å². The molecule has 3 aromatic carbocycles. The number of hydrazone groups is 1. The molecule has 6 nitrogen and oxygen atoms in total. The lowest BCUT2D eigenvalue weighted by atomic mass is 10.1. The summed E-state index contributed by atoms with van der Waals surface area (Å²) in [6.45, 7) is 0. The number of rotatable bonds is 4. The van der Waals surface area contributed by atoms with E-state index < -0.39 is 11.9 Å². The molecular formula is C21H13N2O4-. The number of carboxylic acid groups (broad SMARTS) is 1. The Hall–Kier alpha value is -3.93. The number of nitrogens with one attached hydrogen (secondary N) is 1. The summed E-state index contributed by atoms with van der Waals surface area (Å²) in [5.74, 6) is -1.73.